The molecule has 20 heavy (non-hydrogen) atoms. The van der Waals surface area contributed by atoms with Crippen LogP contribution in [0.5, 0.6) is 0 Å². The molecule has 1 amide bonds. The Morgan fingerprint density at radius 2 is 1.95 bits per heavy atom. The van der Waals surface area contributed by atoms with Gasteiger partial charge in [-0.05, 0) is 49.7 Å². The highest BCUT2D eigenvalue weighted by Gasteiger charge is 2.25. The Bertz CT molecular complexity index is 495. The van der Waals surface area contributed by atoms with E-state index in [1.807, 2.05) is 38.5 Å². The minimum absolute atomic E-state index is 0.0477. The van der Waals surface area contributed by atoms with Crippen molar-refractivity contribution in [3.05, 3.63) is 22.4 Å². The molecular formula is C14H21BrN2O3. The van der Waals surface area contributed by atoms with Crippen LogP contribution in [-0.4, -0.2) is 41.0 Å². The standard InChI is InChI=1S/C14H21BrN2O3/c1-9(2)16-7-11(15)6-12(16)14(19)17(10(3)4)8-13(18)20-5/h6-7,9-10H,8H2,1-5H3. The highest BCUT2D eigenvalue weighted by Crippen LogP contribution is 2.21. The van der Waals surface area contributed by atoms with Crippen molar-refractivity contribution in [1.29, 1.82) is 0 Å². The predicted molar refractivity (Wildman–Crippen MR) is 80.7 cm³/mol. The lowest BCUT2D eigenvalue weighted by Gasteiger charge is -2.26. The number of hydrogen-bond acceptors (Lipinski definition) is 3. The predicted octanol–water partition coefficient (Wildman–Crippen LogP) is 2.86. The summed E-state index contributed by atoms with van der Waals surface area (Å²) in [6.07, 6.45) is 1.87. The maximum Gasteiger partial charge on any atom is 0.325 e. The fourth-order valence-electron chi connectivity index (χ4n) is 1.88. The van der Waals surface area contributed by atoms with E-state index in [1.54, 1.807) is 6.07 Å². The van der Waals surface area contributed by atoms with Gasteiger partial charge in [0.2, 0.25) is 0 Å². The summed E-state index contributed by atoms with van der Waals surface area (Å²) in [4.78, 5) is 25.6. The number of amides is 1. The summed E-state index contributed by atoms with van der Waals surface area (Å²) >= 11 is 3.39. The van der Waals surface area contributed by atoms with Crippen LogP contribution >= 0.6 is 15.9 Å². The van der Waals surface area contributed by atoms with Crippen molar-refractivity contribution in [3.8, 4) is 0 Å². The first-order chi connectivity index (χ1) is 9.27. The number of hydrogen-bond donors (Lipinski definition) is 0. The Morgan fingerprint density at radius 3 is 2.40 bits per heavy atom. The van der Waals surface area contributed by atoms with E-state index in [0.717, 1.165) is 4.47 Å². The molecule has 0 saturated carbocycles. The van der Waals surface area contributed by atoms with Gasteiger partial charge in [0.15, 0.2) is 0 Å². The van der Waals surface area contributed by atoms with Crippen molar-refractivity contribution < 1.29 is 14.3 Å². The topological polar surface area (TPSA) is 51.5 Å². The van der Waals surface area contributed by atoms with E-state index in [-0.39, 0.29) is 24.5 Å². The van der Waals surface area contributed by atoms with Crippen LogP contribution in [0.2, 0.25) is 0 Å². The number of methoxy groups -OCH3 is 1. The molecule has 0 saturated heterocycles. The van der Waals surface area contributed by atoms with Crippen LogP contribution in [-0.2, 0) is 9.53 Å². The number of aromatic nitrogens is 1. The van der Waals surface area contributed by atoms with E-state index in [4.69, 9.17) is 0 Å². The van der Waals surface area contributed by atoms with Gasteiger partial charge in [0.1, 0.15) is 12.2 Å². The lowest BCUT2D eigenvalue weighted by Crippen LogP contribution is -2.42. The Balaban J connectivity index is 3.09. The maximum atomic E-state index is 12.7. The molecule has 0 atom stereocenters. The molecule has 1 rings (SSSR count). The van der Waals surface area contributed by atoms with Crippen LogP contribution in [0.3, 0.4) is 0 Å². The van der Waals surface area contributed by atoms with Gasteiger partial charge in [0, 0.05) is 22.8 Å². The third-order valence-corrected chi connectivity index (χ3v) is 3.44. The van der Waals surface area contributed by atoms with Crippen molar-refractivity contribution in [2.24, 2.45) is 0 Å². The Hall–Kier alpha value is -1.30. The minimum atomic E-state index is -0.422. The third-order valence-electron chi connectivity index (χ3n) is 3.00. The van der Waals surface area contributed by atoms with E-state index in [9.17, 15) is 9.59 Å². The molecule has 6 heteroatoms. The highest BCUT2D eigenvalue weighted by molar-refractivity contribution is 9.10. The molecule has 1 heterocycles. The zero-order chi connectivity index (χ0) is 15.4. The Labute approximate surface area is 128 Å². The van der Waals surface area contributed by atoms with Gasteiger partial charge in [-0.1, -0.05) is 0 Å². The molecule has 0 spiro atoms. The Morgan fingerprint density at radius 1 is 1.35 bits per heavy atom. The molecule has 0 aromatic carbocycles. The summed E-state index contributed by atoms with van der Waals surface area (Å²) in [5, 5.41) is 0. The van der Waals surface area contributed by atoms with Gasteiger partial charge in [-0.3, -0.25) is 9.59 Å². The van der Waals surface area contributed by atoms with Crippen molar-refractivity contribution >= 4 is 27.8 Å². The van der Waals surface area contributed by atoms with Crippen LogP contribution in [0.25, 0.3) is 0 Å². The molecule has 0 bridgehead atoms. The van der Waals surface area contributed by atoms with Gasteiger partial charge in [0.05, 0.1) is 7.11 Å². The molecular weight excluding hydrogens is 324 g/mol. The van der Waals surface area contributed by atoms with Gasteiger partial charge in [-0.25, -0.2) is 0 Å². The quantitative estimate of drug-likeness (QED) is 0.771. The third kappa shape index (κ3) is 3.85. The minimum Gasteiger partial charge on any atom is -0.468 e. The van der Waals surface area contributed by atoms with Crippen molar-refractivity contribution in [3.63, 3.8) is 0 Å². The van der Waals surface area contributed by atoms with E-state index >= 15 is 0 Å². The molecule has 0 unspecified atom stereocenters. The first-order valence-corrected chi connectivity index (χ1v) is 7.32. The van der Waals surface area contributed by atoms with Crippen LogP contribution in [0.4, 0.5) is 0 Å². The largest absolute Gasteiger partial charge is 0.468 e. The first-order valence-electron chi connectivity index (χ1n) is 6.53. The normalized spacial score (nSPS) is 11.0. The Kier molecular flexibility index (Phi) is 5.80. The number of carbonyl (C=O) groups is 2. The average molecular weight is 345 g/mol. The SMILES string of the molecule is COC(=O)CN(C(=O)c1cc(Br)cn1C(C)C)C(C)C. The molecule has 0 aliphatic heterocycles. The second-order valence-electron chi connectivity index (χ2n) is 5.15. The molecule has 5 nitrogen and oxygen atoms in total. The van der Waals surface area contributed by atoms with E-state index in [0.29, 0.717) is 5.69 Å². The van der Waals surface area contributed by atoms with Crippen LogP contribution in [0, 0.1) is 0 Å². The summed E-state index contributed by atoms with van der Waals surface area (Å²) in [5.74, 6) is -0.599. The number of nitrogens with zero attached hydrogens (tertiary/aromatic N) is 2. The molecule has 0 radical (unpaired) electrons. The van der Waals surface area contributed by atoms with Crippen molar-refractivity contribution in [2.75, 3.05) is 13.7 Å². The van der Waals surface area contributed by atoms with E-state index < -0.39 is 5.97 Å². The first kappa shape index (κ1) is 16.8. The molecule has 112 valence electrons. The smallest absolute Gasteiger partial charge is 0.325 e. The summed E-state index contributed by atoms with van der Waals surface area (Å²) in [5.41, 5.74) is 0.560. The fourth-order valence-corrected chi connectivity index (χ4v) is 2.32. The van der Waals surface area contributed by atoms with Gasteiger partial charge in [-0.2, -0.15) is 0 Å². The number of ether oxygens (including phenoxy) is 1. The lowest BCUT2D eigenvalue weighted by molar-refractivity contribution is -0.141. The van der Waals surface area contributed by atoms with Gasteiger partial charge in [0.25, 0.3) is 5.91 Å². The maximum absolute atomic E-state index is 12.7. The zero-order valence-corrected chi connectivity index (χ0v) is 14.1. The lowest BCUT2D eigenvalue weighted by atomic mass is 10.2. The van der Waals surface area contributed by atoms with Crippen molar-refractivity contribution in [1.82, 2.24) is 9.47 Å². The molecule has 0 fully saturated rings. The van der Waals surface area contributed by atoms with Crippen LogP contribution in [0.1, 0.15) is 44.2 Å². The summed E-state index contributed by atoms with van der Waals surface area (Å²) in [6, 6.07) is 1.85. The monoisotopic (exact) mass is 344 g/mol. The molecule has 0 aliphatic carbocycles. The van der Waals surface area contributed by atoms with Crippen LogP contribution in [0.15, 0.2) is 16.7 Å². The van der Waals surface area contributed by atoms with Crippen molar-refractivity contribution in [2.45, 2.75) is 39.8 Å². The molecule has 1 aromatic rings. The van der Waals surface area contributed by atoms with Crippen LogP contribution < -0.4 is 0 Å². The number of esters is 1. The molecule has 0 aliphatic rings. The van der Waals surface area contributed by atoms with Gasteiger partial charge < -0.3 is 14.2 Å². The van der Waals surface area contributed by atoms with Gasteiger partial charge in [-0.15, -0.1) is 0 Å². The summed E-state index contributed by atoms with van der Waals surface area (Å²) in [6.45, 7) is 7.71. The number of rotatable bonds is 5. The van der Waals surface area contributed by atoms with E-state index in [1.165, 1.54) is 12.0 Å². The summed E-state index contributed by atoms with van der Waals surface area (Å²) in [7, 11) is 1.32. The molecule has 0 N–H and O–H groups in total. The number of halogens is 1. The average Bonchev–Trinajstić information content (AvgIpc) is 2.76. The second kappa shape index (κ2) is 6.92. The summed E-state index contributed by atoms with van der Waals surface area (Å²) < 4.78 is 7.38. The van der Waals surface area contributed by atoms with E-state index in [2.05, 4.69) is 20.7 Å². The number of carbonyl (C=O) groups excluding carboxylic acids is 2. The molecule has 1 aromatic heterocycles. The highest BCUT2D eigenvalue weighted by atomic mass is 79.9. The fraction of sp³-hybridized carbons (Fsp3) is 0.571. The zero-order valence-electron chi connectivity index (χ0n) is 12.5. The second-order valence-corrected chi connectivity index (χ2v) is 6.06. The van der Waals surface area contributed by atoms with Gasteiger partial charge >= 0.3 is 5.97 Å².